The number of halogens is 1. The summed E-state index contributed by atoms with van der Waals surface area (Å²) in [6.07, 6.45) is 9.59. The van der Waals surface area contributed by atoms with Gasteiger partial charge in [0.05, 0.1) is 18.7 Å². The molecular weight excluding hydrogens is 491 g/mol. The van der Waals surface area contributed by atoms with Crippen LogP contribution in [-0.4, -0.2) is 35.8 Å². The maximum Gasteiger partial charge on any atom is 0.307 e. The molecule has 1 spiro atoms. The van der Waals surface area contributed by atoms with E-state index in [-0.39, 0.29) is 12.2 Å². The number of carboxylic acids is 1. The molecule has 1 N–H and O–H groups in total. The Hall–Kier alpha value is -3.41. The van der Waals surface area contributed by atoms with Gasteiger partial charge in [0.15, 0.2) is 0 Å². The van der Waals surface area contributed by atoms with E-state index >= 15 is 0 Å². The third-order valence-electron chi connectivity index (χ3n) is 8.62. The van der Waals surface area contributed by atoms with E-state index < -0.39 is 5.97 Å². The Morgan fingerprint density at radius 2 is 1.67 bits per heavy atom. The van der Waals surface area contributed by atoms with Gasteiger partial charge in [-0.1, -0.05) is 49.9 Å². The molecule has 0 amide bonds. The van der Waals surface area contributed by atoms with Crippen LogP contribution < -0.4 is 9.64 Å². The first-order chi connectivity index (χ1) is 18.8. The summed E-state index contributed by atoms with van der Waals surface area (Å²) < 4.78 is 19.1. The molecule has 3 aromatic rings. The van der Waals surface area contributed by atoms with Crippen molar-refractivity contribution < 1.29 is 19.0 Å². The van der Waals surface area contributed by atoms with E-state index in [9.17, 15) is 14.3 Å². The third-order valence-corrected chi connectivity index (χ3v) is 8.62. The lowest BCUT2D eigenvalue weighted by Crippen LogP contribution is -2.29. The van der Waals surface area contributed by atoms with E-state index in [4.69, 9.17) is 9.72 Å². The molecule has 1 aliphatic heterocycles. The van der Waals surface area contributed by atoms with Gasteiger partial charge in [-0.15, -0.1) is 0 Å². The van der Waals surface area contributed by atoms with Gasteiger partial charge in [0.1, 0.15) is 11.6 Å². The molecule has 1 saturated carbocycles. The minimum atomic E-state index is -0.829. The number of pyridine rings is 1. The number of aryl methyl sites for hydroxylation is 2. The number of aliphatic carboxylic acids is 1. The molecule has 2 aromatic carbocycles. The monoisotopic (exact) mass is 530 g/mol. The lowest BCUT2D eigenvalue weighted by molar-refractivity contribution is -0.136. The second-order valence-electron chi connectivity index (χ2n) is 11.4. The Kier molecular flexibility index (Phi) is 8.20. The number of aromatic nitrogens is 1. The van der Waals surface area contributed by atoms with Crippen molar-refractivity contribution >= 4 is 11.7 Å². The number of carbonyl (C=O) groups is 1. The molecule has 1 aliphatic carbocycles. The molecule has 5 nitrogen and oxygen atoms in total. The SMILES string of the molecule is Cc1nc(C)c(-c2ccc(OCCc3ccc(F)cc3)cc2)c(N2CCC3(CCCCCC3)C2)c1CC(=O)O. The van der Waals surface area contributed by atoms with Crippen LogP contribution in [0.3, 0.4) is 0 Å². The Labute approximate surface area is 231 Å². The maximum atomic E-state index is 13.2. The van der Waals surface area contributed by atoms with Gasteiger partial charge in [-0.05, 0) is 73.9 Å². The van der Waals surface area contributed by atoms with Gasteiger partial charge in [0.2, 0.25) is 0 Å². The number of benzene rings is 2. The van der Waals surface area contributed by atoms with Gasteiger partial charge in [-0.25, -0.2) is 4.39 Å². The van der Waals surface area contributed by atoms with E-state index in [0.29, 0.717) is 18.4 Å². The number of hydrogen-bond donors (Lipinski definition) is 1. The quantitative estimate of drug-likeness (QED) is 0.331. The molecule has 5 rings (SSSR count). The van der Waals surface area contributed by atoms with Gasteiger partial charge in [0, 0.05) is 42.0 Å². The van der Waals surface area contributed by atoms with Crippen molar-refractivity contribution in [3.8, 4) is 16.9 Å². The molecule has 0 atom stereocenters. The molecule has 0 unspecified atom stereocenters. The number of carboxylic acid groups (broad SMARTS) is 1. The molecule has 0 bridgehead atoms. The number of anilines is 1. The van der Waals surface area contributed by atoms with E-state index in [2.05, 4.69) is 17.0 Å². The average molecular weight is 531 g/mol. The topological polar surface area (TPSA) is 62.7 Å². The highest BCUT2D eigenvalue weighted by Crippen LogP contribution is 2.47. The summed E-state index contributed by atoms with van der Waals surface area (Å²) in [5.41, 5.74) is 7.01. The van der Waals surface area contributed by atoms with Gasteiger partial charge in [-0.3, -0.25) is 9.78 Å². The van der Waals surface area contributed by atoms with E-state index in [1.54, 1.807) is 12.1 Å². The van der Waals surface area contributed by atoms with Crippen molar-refractivity contribution in [1.29, 1.82) is 0 Å². The van der Waals surface area contributed by atoms with Gasteiger partial charge in [-0.2, -0.15) is 0 Å². The van der Waals surface area contributed by atoms with Crippen molar-refractivity contribution in [2.75, 3.05) is 24.6 Å². The molecule has 2 fully saturated rings. The fraction of sp³-hybridized carbons (Fsp3) is 0.455. The number of hydrogen-bond acceptors (Lipinski definition) is 4. The Bertz CT molecular complexity index is 1300. The van der Waals surface area contributed by atoms with E-state index in [0.717, 1.165) is 58.2 Å². The summed E-state index contributed by atoms with van der Waals surface area (Å²) >= 11 is 0. The average Bonchev–Trinajstić information content (AvgIpc) is 3.18. The van der Waals surface area contributed by atoms with Crippen molar-refractivity contribution in [2.24, 2.45) is 5.41 Å². The van der Waals surface area contributed by atoms with Crippen LogP contribution in [-0.2, 0) is 17.6 Å². The third kappa shape index (κ3) is 6.26. The first-order valence-corrected chi connectivity index (χ1v) is 14.3. The largest absolute Gasteiger partial charge is 0.493 e. The predicted molar refractivity (Wildman–Crippen MR) is 153 cm³/mol. The molecule has 0 radical (unpaired) electrons. The van der Waals surface area contributed by atoms with E-state index in [1.807, 2.05) is 26.0 Å². The standard InChI is InChI=1S/C33H39FN2O3/c1-23-29(21-30(37)38)32(36-19-18-33(22-36)16-5-3-4-6-17-33)31(24(2)35-23)26-9-13-28(14-10-26)39-20-15-25-7-11-27(34)12-8-25/h7-14H,3-6,15-22H2,1-2H3,(H,37,38). The summed E-state index contributed by atoms with van der Waals surface area (Å²) in [6.45, 7) is 6.40. The van der Waals surface area contributed by atoms with Crippen LogP contribution >= 0.6 is 0 Å². The van der Waals surface area contributed by atoms with Gasteiger partial charge < -0.3 is 14.7 Å². The van der Waals surface area contributed by atoms with Crippen LogP contribution in [0.15, 0.2) is 48.5 Å². The highest BCUT2D eigenvalue weighted by Gasteiger charge is 2.40. The van der Waals surface area contributed by atoms with Crippen LogP contribution in [0.1, 0.15) is 67.5 Å². The molecular formula is C33H39FN2O3. The van der Waals surface area contributed by atoms with Crippen molar-refractivity contribution in [2.45, 2.75) is 71.6 Å². The van der Waals surface area contributed by atoms with Crippen LogP contribution in [0.25, 0.3) is 11.1 Å². The van der Waals surface area contributed by atoms with Gasteiger partial charge in [0.25, 0.3) is 0 Å². The predicted octanol–water partition coefficient (Wildman–Crippen LogP) is 7.30. The van der Waals surface area contributed by atoms with Crippen LogP contribution in [0.4, 0.5) is 10.1 Å². The lowest BCUT2D eigenvalue weighted by Gasteiger charge is -2.31. The number of rotatable bonds is 8. The Morgan fingerprint density at radius 1 is 0.974 bits per heavy atom. The zero-order chi connectivity index (χ0) is 27.4. The fourth-order valence-electron chi connectivity index (χ4n) is 6.59. The second kappa shape index (κ2) is 11.8. The van der Waals surface area contributed by atoms with Crippen molar-refractivity contribution in [1.82, 2.24) is 4.98 Å². The Morgan fingerprint density at radius 3 is 2.33 bits per heavy atom. The Balaban J connectivity index is 1.42. The van der Waals surface area contributed by atoms with E-state index in [1.165, 1.54) is 57.1 Å². The first kappa shape index (κ1) is 27.2. The lowest BCUT2D eigenvalue weighted by atomic mass is 9.80. The number of nitrogens with zero attached hydrogens (tertiary/aromatic N) is 2. The molecule has 6 heteroatoms. The molecule has 2 aliphatic rings. The fourth-order valence-corrected chi connectivity index (χ4v) is 6.59. The maximum absolute atomic E-state index is 13.2. The summed E-state index contributed by atoms with van der Waals surface area (Å²) in [4.78, 5) is 19.2. The number of ether oxygens (including phenoxy) is 1. The molecule has 1 aromatic heterocycles. The molecule has 1 saturated heterocycles. The van der Waals surface area contributed by atoms with Gasteiger partial charge >= 0.3 is 5.97 Å². The minimum absolute atomic E-state index is 0.0322. The first-order valence-electron chi connectivity index (χ1n) is 14.3. The highest BCUT2D eigenvalue weighted by molar-refractivity contribution is 5.86. The molecule has 206 valence electrons. The summed E-state index contributed by atoms with van der Waals surface area (Å²) in [6, 6.07) is 14.5. The summed E-state index contributed by atoms with van der Waals surface area (Å²) in [5, 5.41) is 9.80. The van der Waals surface area contributed by atoms with Crippen LogP contribution in [0, 0.1) is 25.1 Å². The zero-order valence-electron chi connectivity index (χ0n) is 23.1. The zero-order valence-corrected chi connectivity index (χ0v) is 23.1. The summed E-state index contributed by atoms with van der Waals surface area (Å²) in [5.74, 6) is -0.297. The van der Waals surface area contributed by atoms with Crippen LogP contribution in [0.2, 0.25) is 0 Å². The minimum Gasteiger partial charge on any atom is -0.493 e. The smallest absolute Gasteiger partial charge is 0.307 e. The highest BCUT2D eigenvalue weighted by atomic mass is 19.1. The summed E-state index contributed by atoms with van der Waals surface area (Å²) in [7, 11) is 0. The molecule has 2 heterocycles. The molecule has 39 heavy (non-hydrogen) atoms. The normalized spacial score (nSPS) is 16.8. The second-order valence-corrected chi connectivity index (χ2v) is 11.4. The van der Waals surface area contributed by atoms with Crippen molar-refractivity contribution in [3.63, 3.8) is 0 Å². The van der Waals surface area contributed by atoms with Crippen molar-refractivity contribution in [3.05, 3.63) is 76.9 Å². The van der Waals surface area contributed by atoms with Crippen LogP contribution in [0.5, 0.6) is 5.75 Å².